The number of carbonyl (C=O) groups excluding carboxylic acids is 1. The van der Waals surface area contributed by atoms with Gasteiger partial charge in [0.05, 0.1) is 10.9 Å². The van der Waals surface area contributed by atoms with Crippen LogP contribution in [0.25, 0.3) is 0 Å². The fourth-order valence-electron chi connectivity index (χ4n) is 2.96. The van der Waals surface area contributed by atoms with E-state index in [2.05, 4.69) is 0 Å². The Morgan fingerprint density at radius 2 is 1.91 bits per heavy atom. The van der Waals surface area contributed by atoms with Crippen molar-refractivity contribution >= 4 is 29.2 Å². The van der Waals surface area contributed by atoms with E-state index in [1.165, 1.54) is 12.1 Å². The molecule has 0 spiro atoms. The standard InChI is InChI=1S/C18H15Cl2FO2/c1-10-7-14(11-3-2-4-13(19)8-11)17(23-18(10)22)12-5-6-15(20)16(21)9-12/h2-6,8-10,14,17H,7H2,1H3/t10-,14-,17+/m1/s1. The average Bonchev–Trinajstić information content (AvgIpc) is 2.52. The van der Waals surface area contributed by atoms with Crippen LogP contribution in [0.5, 0.6) is 0 Å². The molecule has 0 N–H and O–H groups in total. The first-order valence-electron chi connectivity index (χ1n) is 7.36. The molecule has 0 saturated carbocycles. The van der Waals surface area contributed by atoms with E-state index in [0.717, 1.165) is 5.56 Å². The van der Waals surface area contributed by atoms with Gasteiger partial charge < -0.3 is 4.74 Å². The Balaban J connectivity index is 2.02. The van der Waals surface area contributed by atoms with Crippen LogP contribution in [-0.2, 0) is 9.53 Å². The van der Waals surface area contributed by atoms with Crippen molar-refractivity contribution in [3.05, 3.63) is 69.5 Å². The summed E-state index contributed by atoms with van der Waals surface area (Å²) in [5.41, 5.74) is 1.56. The lowest BCUT2D eigenvalue weighted by atomic mass is 9.80. The van der Waals surface area contributed by atoms with Gasteiger partial charge in [-0.3, -0.25) is 4.79 Å². The van der Waals surface area contributed by atoms with Crippen LogP contribution in [0.3, 0.4) is 0 Å². The summed E-state index contributed by atoms with van der Waals surface area (Å²) in [5.74, 6) is -1.10. The second-order valence-corrected chi connectivity index (χ2v) is 6.67. The van der Waals surface area contributed by atoms with Gasteiger partial charge in [-0.2, -0.15) is 0 Å². The van der Waals surface area contributed by atoms with Crippen LogP contribution < -0.4 is 0 Å². The second-order valence-electron chi connectivity index (χ2n) is 5.83. The fourth-order valence-corrected chi connectivity index (χ4v) is 3.28. The minimum absolute atomic E-state index is 0.0450. The number of ether oxygens (including phenoxy) is 1. The molecule has 120 valence electrons. The lowest BCUT2D eigenvalue weighted by Crippen LogP contribution is -2.30. The van der Waals surface area contributed by atoms with Gasteiger partial charge in [-0.1, -0.05) is 48.3 Å². The van der Waals surface area contributed by atoms with Crippen LogP contribution in [0, 0.1) is 11.7 Å². The van der Waals surface area contributed by atoms with Gasteiger partial charge in [0.15, 0.2) is 0 Å². The minimum atomic E-state index is -0.552. The van der Waals surface area contributed by atoms with Crippen molar-refractivity contribution < 1.29 is 13.9 Å². The molecule has 1 fully saturated rings. The Morgan fingerprint density at radius 1 is 1.13 bits per heavy atom. The normalized spacial score (nSPS) is 24.3. The van der Waals surface area contributed by atoms with Crippen LogP contribution >= 0.6 is 23.2 Å². The molecule has 1 heterocycles. The van der Waals surface area contributed by atoms with E-state index in [4.69, 9.17) is 27.9 Å². The zero-order valence-corrected chi connectivity index (χ0v) is 13.9. The topological polar surface area (TPSA) is 26.3 Å². The summed E-state index contributed by atoms with van der Waals surface area (Å²) in [6.07, 6.45) is 0.0672. The minimum Gasteiger partial charge on any atom is -0.457 e. The summed E-state index contributed by atoms with van der Waals surface area (Å²) in [5, 5.41) is 0.664. The van der Waals surface area contributed by atoms with Gasteiger partial charge in [0, 0.05) is 10.9 Å². The van der Waals surface area contributed by atoms with Crippen LogP contribution in [0.1, 0.15) is 36.5 Å². The smallest absolute Gasteiger partial charge is 0.309 e. The van der Waals surface area contributed by atoms with E-state index in [-0.39, 0.29) is 22.8 Å². The Kier molecular flexibility index (Phi) is 4.60. The van der Waals surface area contributed by atoms with E-state index in [1.54, 1.807) is 12.1 Å². The monoisotopic (exact) mass is 352 g/mol. The first-order chi connectivity index (χ1) is 11.0. The zero-order chi connectivity index (χ0) is 16.6. The highest BCUT2D eigenvalue weighted by atomic mass is 35.5. The highest BCUT2D eigenvalue weighted by Crippen LogP contribution is 2.43. The molecule has 2 aromatic carbocycles. The maximum atomic E-state index is 13.8. The summed E-state index contributed by atoms with van der Waals surface area (Å²) in [6.45, 7) is 1.83. The van der Waals surface area contributed by atoms with Crippen molar-refractivity contribution in [1.29, 1.82) is 0 Å². The number of halogens is 3. The van der Waals surface area contributed by atoms with Crippen LogP contribution in [0.15, 0.2) is 42.5 Å². The Labute approximate surface area is 144 Å². The highest BCUT2D eigenvalue weighted by Gasteiger charge is 2.37. The zero-order valence-electron chi connectivity index (χ0n) is 12.4. The molecule has 1 saturated heterocycles. The average molecular weight is 353 g/mol. The van der Waals surface area contributed by atoms with Crippen LogP contribution in [0.2, 0.25) is 10.0 Å². The molecule has 5 heteroatoms. The fraction of sp³-hybridized carbons (Fsp3) is 0.278. The SMILES string of the molecule is C[C@@H]1C[C@H](c2cccc(Cl)c2)[C@H](c2ccc(Cl)c(F)c2)OC1=O. The van der Waals surface area contributed by atoms with E-state index in [0.29, 0.717) is 17.0 Å². The highest BCUT2D eigenvalue weighted by molar-refractivity contribution is 6.31. The molecular formula is C18H15Cl2FO2. The summed E-state index contributed by atoms with van der Waals surface area (Å²) >= 11 is 11.8. The number of benzene rings is 2. The molecule has 3 rings (SSSR count). The number of cyclic esters (lactones) is 1. The first kappa shape index (κ1) is 16.3. The predicted molar refractivity (Wildman–Crippen MR) is 88.2 cm³/mol. The Morgan fingerprint density at radius 3 is 2.61 bits per heavy atom. The van der Waals surface area contributed by atoms with Crippen LogP contribution in [-0.4, -0.2) is 5.97 Å². The number of rotatable bonds is 2. The molecule has 0 radical (unpaired) electrons. The maximum absolute atomic E-state index is 13.8. The summed E-state index contributed by atoms with van der Waals surface area (Å²) in [4.78, 5) is 12.0. The van der Waals surface area contributed by atoms with E-state index in [9.17, 15) is 9.18 Å². The van der Waals surface area contributed by atoms with Crippen molar-refractivity contribution in [3.8, 4) is 0 Å². The number of carbonyl (C=O) groups is 1. The number of hydrogen-bond acceptors (Lipinski definition) is 2. The van der Waals surface area contributed by atoms with Gasteiger partial charge in [-0.15, -0.1) is 0 Å². The van der Waals surface area contributed by atoms with Crippen molar-refractivity contribution in [1.82, 2.24) is 0 Å². The van der Waals surface area contributed by atoms with Gasteiger partial charge in [-0.05, 0) is 41.8 Å². The molecule has 2 nitrogen and oxygen atoms in total. The molecule has 2 aromatic rings. The van der Waals surface area contributed by atoms with Crippen molar-refractivity contribution in [2.45, 2.75) is 25.4 Å². The van der Waals surface area contributed by atoms with Crippen molar-refractivity contribution in [3.63, 3.8) is 0 Å². The molecular weight excluding hydrogens is 338 g/mol. The Bertz CT molecular complexity index is 748. The van der Waals surface area contributed by atoms with Crippen molar-refractivity contribution in [2.24, 2.45) is 5.92 Å². The van der Waals surface area contributed by atoms with Gasteiger partial charge in [-0.25, -0.2) is 4.39 Å². The lowest BCUT2D eigenvalue weighted by molar-refractivity contribution is -0.162. The summed E-state index contributed by atoms with van der Waals surface area (Å²) in [6, 6.07) is 12.0. The molecule has 0 amide bonds. The molecule has 0 unspecified atom stereocenters. The summed E-state index contributed by atoms with van der Waals surface area (Å²) in [7, 11) is 0. The quantitative estimate of drug-likeness (QED) is 0.663. The third kappa shape index (κ3) is 3.36. The molecule has 0 bridgehead atoms. The summed E-state index contributed by atoms with van der Waals surface area (Å²) < 4.78 is 19.4. The van der Waals surface area contributed by atoms with Gasteiger partial charge in [0.25, 0.3) is 0 Å². The largest absolute Gasteiger partial charge is 0.457 e. The van der Waals surface area contributed by atoms with E-state index in [1.807, 2.05) is 25.1 Å². The third-order valence-electron chi connectivity index (χ3n) is 4.17. The molecule has 23 heavy (non-hydrogen) atoms. The predicted octanol–water partition coefficient (Wildman–Crippen LogP) is 5.54. The Hall–Kier alpha value is -1.58. The number of esters is 1. The number of hydrogen-bond donors (Lipinski definition) is 0. The first-order valence-corrected chi connectivity index (χ1v) is 8.12. The van der Waals surface area contributed by atoms with Crippen molar-refractivity contribution in [2.75, 3.05) is 0 Å². The van der Waals surface area contributed by atoms with Crippen LogP contribution in [0.4, 0.5) is 4.39 Å². The second kappa shape index (κ2) is 6.50. The third-order valence-corrected chi connectivity index (χ3v) is 4.71. The van der Waals surface area contributed by atoms with E-state index < -0.39 is 11.9 Å². The molecule has 0 aromatic heterocycles. The maximum Gasteiger partial charge on any atom is 0.309 e. The van der Waals surface area contributed by atoms with Gasteiger partial charge in [0.1, 0.15) is 11.9 Å². The molecule has 0 aliphatic carbocycles. The van der Waals surface area contributed by atoms with Gasteiger partial charge in [0.2, 0.25) is 0 Å². The van der Waals surface area contributed by atoms with E-state index >= 15 is 0 Å². The lowest BCUT2D eigenvalue weighted by Gasteiger charge is -2.35. The molecule has 1 aliphatic heterocycles. The molecule has 3 atom stereocenters. The van der Waals surface area contributed by atoms with Gasteiger partial charge >= 0.3 is 5.97 Å². The molecule has 1 aliphatic rings.